The predicted molar refractivity (Wildman–Crippen MR) is 111 cm³/mol. The quantitative estimate of drug-likeness (QED) is 0.493. The van der Waals surface area contributed by atoms with E-state index in [2.05, 4.69) is 5.10 Å². The molecule has 0 aliphatic carbocycles. The molecule has 1 aliphatic rings. The van der Waals surface area contributed by atoms with Gasteiger partial charge in [-0.15, -0.1) is 0 Å². The van der Waals surface area contributed by atoms with Gasteiger partial charge in [0.2, 0.25) is 0 Å². The molecule has 1 aliphatic heterocycles. The van der Waals surface area contributed by atoms with Crippen LogP contribution in [0.3, 0.4) is 0 Å². The number of aryl methyl sites for hydroxylation is 2. The molecular formula is C22H24F4N4O3. The molecule has 3 aromatic rings. The third-order valence-electron chi connectivity index (χ3n) is 5.53. The van der Waals surface area contributed by atoms with Crippen LogP contribution in [-0.4, -0.2) is 38.2 Å². The van der Waals surface area contributed by atoms with Crippen molar-refractivity contribution in [2.75, 3.05) is 13.2 Å². The standard InChI is InChI=1S/C22H24F4N4O3/c1-3-29-12-15(9-27-29)11-28-10-14(2)30(21(28)31)19-8-17(33-13-16-5-4-6-32-16)7-18(20(19)23)22(24,25)26/h7-10,12,16H,3-6,11,13H2,1-2H3/t16-/m0/s1. The van der Waals surface area contributed by atoms with Gasteiger partial charge in [-0.05, 0) is 32.8 Å². The Bertz CT molecular complexity index is 1190. The molecule has 1 saturated heterocycles. The monoisotopic (exact) mass is 468 g/mol. The Morgan fingerprint density at radius 1 is 1.27 bits per heavy atom. The molecule has 4 rings (SSSR count). The van der Waals surface area contributed by atoms with Crippen LogP contribution in [0.15, 0.2) is 35.5 Å². The van der Waals surface area contributed by atoms with Crippen molar-refractivity contribution in [2.45, 2.75) is 52.1 Å². The molecule has 0 spiro atoms. The summed E-state index contributed by atoms with van der Waals surface area (Å²) in [5, 5.41) is 4.15. The van der Waals surface area contributed by atoms with E-state index in [1.807, 2.05) is 6.92 Å². The van der Waals surface area contributed by atoms with E-state index in [-0.39, 0.29) is 30.7 Å². The van der Waals surface area contributed by atoms with Crippen LogP contribution in [0.4, 0.5) is 17.6 Å². The van der Waals surface area contributed by atoms with Gasteiger partial charge in [0.25, 0.3) is 0 Å². The van der Waals surface area contributed by atoms with Crippen LogP contribution in [0, 0.1) is 12.7 Å². The lowest BCUT2D eigenvalue weighted by atomic mass is 10.1. The van der Waals surface area contributed by atoms with Gasteiger partial charge >= 0.3 is 11.9 Å². The summed E-state index contributed by atoms with van der Waals surface area (Å²) < 4.78 is 70.6. The number of rotatable bonds is 7. The fourth-order valence-electron chi connectivity index (χ4n) is 3.88. The lowest BCUT2D eigenvalue weighted by molar-refractivity contribution is -0.140. The fourth-order valence-corrected chi connectivity index (χ4v) is 3.88. The van der Waals surface area contributed by atoms with Crippen LogP contribution in [0.25, 0.3) is 5.69 Å². The van der Waals surface area contributed by atoms with Gasteiger partial charge < -0.3 is 9.47 Å². The molecule has 0 bridgehead atoms. The van der Waals surface area contributed by atoms with E-state index >= 15 is 4.39 Å². The van der Waals surface area contributed by atoms with E-state index in [0.717, 1.165) is 29.0 Å². The summed E-state index contributed by atoms with van der Waals surface area (Å²) in [6.45, 7) is 4.85. The summed E-state index contributed by atoms with van der Waals surface area (Å²) in [7, 11) is 0. The number of hydrogen-bond acceptors (Lipinski definition) is 4. The van der Waals surface area contributed by atoms with Crippen molar-refractivity contribution in [2.24, 2.45) is 0 Å². The largest absolute Gasteiger partial charge is 0.491 e. The molecule has 3 heterocycles. The molecule has 7 nitrogen and oxygen atoms in total. The number of imidazole rings is 1. The molecular weight excluding hydrogens is 444 g/mol. The van der Waals surface area contributed by atoms with E-state index < -0.39 is 28.9 Å². The zero-order valence-electron chi connectivity index (χ0n) is 18.2. The molecule has 1 aromatic carbocycles. The normalized spacial score (nSPS) is 16.5. The maximum Gasteiger partial charge on any atom is 0.419 e. The molecule has 1 fully saturated rings. The van der Waals surface area contributed by atoms with Crippen LogP contribution in [-0.2, 0) is 24.0 Å². The number of aromatic nitrogens is 4. The van der Waals surface area contributed by atoms with Crippen LogP contribution in [0.1, 0.15) is 36.6 Å². The molecule has 1 atom stereocenters. The van der Waals surface area contributed by atoms with E-state index in [4.69, 9.17) is 9.47 Å². The van der Waals surface area contributed by atoms with Crippen molar-refractivity contribution in [3.05, 3.63) is 63.8 Å². The minimum Gasteiger partial charge on any atom is -0.491 e. The SMILES string of the molecule is CCn1cc(Cn2cc(C)n(-c3cc(OC[C@@H]4CCCO4)cc(C(F)(F)F)c3F)c2=O)cn1. The van der Waals surface area contributed by atoms with Gasteiger partial charge in [0.1, 0.15) is 12.4 Å². The number of halogens is 4. The Balaban J connectivity index is 1.72. The molecule has 0 amide bonds. The summed E-state index contributed by atoms with van der Waals surface area (Å²) in [5.41, 5.74) is -1.66. The maximum atomic E-state index is 15.0. The third kappa shape index (κ3) is 4.82. The van der Waals surface area contributed by atoms with Crippen LogP contribution in [0.2, 0.25) is 0 Å². The highest BCUT2D eigenvalue weighted by Crippen LogP contribution is 2.37. The molecule has 178 valence electrons. The van der Waals surface area contributed by atoms with Gasteiger partial charge in [-0.25, -0.2) is 9.18 Å². The average Bonchev–Trinajstić information content (AvgIpc) is 3.49. The minimum absolute atomic E-state index is 0.0404. The molecule has 33 heavy (non-hydrogen) atoms. The van der Waals surface area contributed by atoms with Crippen molar-refractivity contribution in [1.29, 1.82) is 0 Å². The molecule has 0 saturated carbocycles. The van der Waals surface area contributed by atoms with Crippen LogP contribution in [0.5, 0.6) is 5.75 Å². The number of hydrogen-bond donors (Lipinski definition) is 0. The number of alkyl halides is 3. The second kappa shape index (κ2) is 9.05. The molecule has 0 N–H and O–H groups in total. The van der Waals surface area contributed by atoms with Gasteiger partial charge in [0.15, 0.2) is 5.82 Å². The highest BCUT2D eigenvalue weighted by atomic mass is 19.4. The summed E-state index contributed by atoms with van der Waals surface area (Å²) in [4.78, 5) is 13.1. The highest BCUT2D eigenvalue weighted by Gasteiger charge is 2.37. The van der Waals surface area contributed by atoms with E-state index in [9.17, 15) is 18.0 Å². The van der Waals surface area contributed by atoms with E-state index in [0.29, 0.717) is 19.2 Å². The minimum atomic E-state index is -4.96. The number of nitrogens with zero attached hydrogens (tertiary/aromatic N) is 4. The topological polar surface area (TPSA) is 63.2 Å². The second-order valence-electron chi connectivity index (χ2n) is 7.97. The Morgan fingerprint density at radius 3 is 2.70 bits per heavy atom. The number of benzene rings is 1. The van der Waals surface area contributed by atoms with Crippen LogP contribution >= 0.6 is 0 Å². The predicted octanol–water partition coefficient (Wildman–Crippen LogP) is 3.93. The lowest BCUT2D eigenvalue weighted by Gasteiger charge is -2.17. The first-order valence-corrected chi connectivity index (χ1v) is 10.6. The van der Waals surface area contributed by atoms with Crippen molar-refractivity contribution >= 4 is 0 Å². The third-order valence-corrected chi connectivity index (χ3v) is 5.53. The van der Waals surface area contributed by atoms with Gasteiger partial charge in [-0.1, -0.05) is 0 Å². The first kappa shape index (κ1) is 23.1. The molecule has 0 unspecified atom stereocenters. The highest BCUT2D eigenvalue weighted by molar-refractivity contribution is 5.47. The zero-order valence-corrected chi connectivity index (χ0v) is 18.2. The van der Waals surface area contributed by atoms with Crippen molar-refractivity contribution in [3.8, 4) is 11.4 Å². The second-order valence-corrected chi connectivity index (χ2v) is 7.97. The Morgan fingerprint density at radius 2 is 2.06 bits per heavy atom. The summed E-state index contributed by atoms with van der Waals surface area (Å²) in [6, 6.07) is 1.73. The van der Waals surface area contributed by atoms with Gasteiger partial charge in [-0.3, -0.25) is 13.8 Å². The van der Waals surface area contributed by atoms with Crippen LogP contribution < -0.4 is 10.4 Å². The molecule has 11 heteroatoms. The molecule has 0 radical (unpaired) electrons. The molecule has 2 aromatic heterocycles. The summed E-state index contributed by atoms with van der Waals surface area (Å²) in [6.07, 6.45) is 1.22. The zero-order chi connectivity index (χ0) is 23.8. The van der Waals surface area contributed by atoms with E-state index in [1.54, 1.807) is 17.1 Å². The Labute approximate surface area is 187 Å². The number of ether oxygens (including phenoxy) is 2. The Kier molecular flexibility index (Phi) is 6.33. The lowest BCUT2D eigenvalue weighted by Crippen LogP contribution is -2.25. The van der Waals surface area contributed by atoms with Crippen molar-refractivity contribution in [3.63, 3.8) is 0 Å². The first-order chi connectivity index (χ1) is 15.7. The maximum absolute atomic E-state index is 15.0. The fraction of sp³-hybridized carbons (Fsp3) is 0.455. The van der Waals surface area contributed by atoms with E-state index in [1.165, 1.54) is 17.7 Å². The summed E-state index contributed by atoms with van der Waals surface area (Å²) >= 11 is 0. The smallest absolute Gasteiger partial charge is 0.419 e. The first-order valence-electron chi connectivity index (χ1n) is 10.6. The average molecular weight is 468 g/mol. The van der Waals surface area contributed by atoms with Crippen molar-refractivity contribution in [1.82, 2.24) is 18.9 Å². The summed E-state index contributed by atoms with van der Waals surface area (Å²) in [5.74, 6) is -1.72. The van der Waals surface area contributed by atoms with Gasteiger partial charge in [0, 0.05) is 42.9 Å². The Hall–Kier alpha value is -3.08. The van der Waals surface area contributed by atoms with Gasteiger partial charge in [-0.2, -0.15) is 18.3 Å². The van der Waals surface area contributed by atoms with Gasteiger partial charge in [0.05, 0.1) is 30.1 Å². The van der Waals surface area contributed by atoms with Crippen molar-refractivity contribution < 1.29 is 27.0 Å².